The molecule has 2 unspecified atom stereocenters. The lowest BCUT2D eigenvalue weighted by molar-refractivity contribution is 0.379. The first-order chi connectivity index (χ1) is 23.1. The fourth-order valence-corrected chi connectivity index (χ4v) is 9.40. The van der Waals surface area contributed by atoms with Gasteiger partial charge in [-0.05, 0) is 74.7 Å². The van der Waals surface area contributed by atoms with E-state index in [9.17, 15) is 0 Å². The quantitative estimate of drug-likeness (QED) is 0.185. The second-order valence-electron chi connectivity index (χ2n) is 13.4. The summed E-state index contributed by atoms with van der Waals surface area (Å²) in [5, 5.41) is 2.67. The SMILES string of the molecule is CC1(C)c2ccccc2C2=CC=CC(N(c3ccc(-c4ccccc4)cc3)c3ccc(-c4cccc5c4sc4ccccc45)cc3)C21. The average Bonchev–Trinajstić information content (AvgIpc) is 3.62. The van der Waals surface area contributed by atoms with Crippen LogP contribution >= 0.6 is 11.3 Å². The Kier molecular flexibility index (Phi) is 6.55. The maximum Gasteiger partial charge on any atom is 0.0602 e. The molecule has 47 heavy (non-hydrogen) atoms. The highest BCUT2D eigenvalue weighted by Crippen LogP contribution is 2.55. The Labute approximate surface area is 280 Å². The van der Waals surface area contributed by atoms with Crippen molar-refractivity contribution in [1.29, 1.82) is 0 Å². The number of nitrogens with zero attached hydrogens (tertiary/aromatic N) is 1. The highest BCUT2D eigenvalue weighted by molar-refractivity contribution is 7.26. The lowest BCUT2D eigenvalue weighted by atomic mass is 9.71. The van der Waals surface area contributed by atoms with E-state index >= 15 is 0 Å². The van der Waals surface area contributed by atoms with Crippen molar-refractivity contribution in [2.75, 3.05) is 4.90 Å². The lowest BCUT2D eigenvalue weighted by Crippen LogP contribution is -2.43. The Balaban J connectivity index is 1.16. The molecule has 1 nitrogen and oxygen atoms in total. The van der Waals surface area contributed by atoms with Crippen molar-refractivity contribution in [3.63, 3.8) is 0 Å². The van der Waals surface area contributed by atoms with Gasteiger partial charge in [-0.15, -0.1) is 11.3 Å². The van der Waals surface area contributed by atoms with Crippen molar-refractivity contribution in [2.45, 2.75) is 25.3 Å². The van der Waals surface area contributed by atoms with E-state index in [1.165, 1.54) is 70.5 Å². The van der Waals surface area contributed by atoms with E-state index in [4.69, 9.17) is 0 Å². The number of allylic oxidation sites excluding steroid dienone is 2. The zero-order chi connectivity index (χ0) is 31.5. The van der Waals surface area contributed by atoms with Gasteiger partial charge < -0.3 is 4.90 Å². The summed E-state index contributed by atoms with van der Waals surface area (Å²) in [6.07, 6.45) is 7.04. The Morgan fingerprint density at radius 2 is 1.17 bits per heavy atom. The predicted octanol–water partition coefficient (Wildman–Crippen LogP) is 12.5. The van der Waals surface area contributed by atoms with Gasteiger partial charge in [0.15, 0.2) is 0 Å². The maximum absolute atomic E-state index is 2.57. The molecule has 0 aliphatic heterocycles. The van der Waals surface area contributed by atoms with Gasteiger partial charge in [-0.2, -0.15) is 0 Å². The molecule has 2 aliphatic carbocycles. The lowest BCUT2D eigenvalue weighted by Gasteiger charge is -2.43. The Morgan fingerprint density at radius 3 is 1.96 bits per heavy atom. The van der Waals surface area contributed by atoms with Crippen LogP contribution in [0.1, 0.15) is 25.0 Å². The molecule has 9 rings (SSSR count). The van der Waals surface area contributed by atoms with Crippen LogP contribution in [0.4, 0.5) is 11.4 Å². The molecular weight excluding hydrogens is 587 g/mol. The van der Waals surface area contributed by atoms with Crippen molar-refractivity contribution < 1.29 is 0 Å². The zero-order valence-corrected chi connectivity index (χ0v) is 27.4. The third kappa shape index (κ3) is 4.51. The maximum atomic E-state index is 2.57. The summed E-state index contributed by atoms with van der Waals surface area (Å²) in [6, 6.07) is 53.7. The fraction of sp³-hybridized carbons (Fsp3) is 0.111. The van der Waals surface area contributed by atoms with E-state index < -0.39 is 0 Å². The van der Waals surface area contributed by atoms with Crippen molar-refractivity contribution in [1.82, 2.24) is 0 Å². The van der Waals surface area contributed by atoms with E-state index in [-0.39, 0.29) is 11.5 Å². The van der Waals surface area contributed by atoms with Crippen LogP contribution in [0.15, 0.2) is 164 Å². The van der Waals surface area contributed by atoms with Crippen LogP contribution in [-0.4, -0.2) is 6.04 Å². The predicted molar refractivity (Wildman–Crippen MR) is 203 cm³/mol. The second kappa shape index (κ2) is 11.0. The smallest absolute Gasteiger partial charge is 0.0602 e. The molecule has 0 saturated heterocycles. The molecule has 0 radical (unpaired) electrons. The van der Waals surface area contributed by atoms with E-state index in [1.807, 2.05) is 11.3 Å². The number of thiophene rings is 1. The first-order valence-corrected chi connectivity index (χ1v) is 17.3. The van der Waals surface area contributed by atoms with Crippen molar-refractivity contribution in [2.24, 2.45) is 5.92 Å². The Morgan fingerprint density at radius 1 is 0.553 bits per heavy atom. The summed E-state index contributed by atoms with van der Waals surface area (Å²) in [6.45, 7) is 4.85. The van der Waals surface area contributed by atoms with Gasteiger partial charge in [0.25, 0.3) is 0 Å². The number of benzene rings is 6. The summed E-state index contributed by atoms with van der Waals surface area (Å²) in [5.74, 6) is 0.311. The molecule has 0 spiro atoms. The summed E-state index contributed by atoms with van der Waals surface area (Å²) in [5.41, 5.74) is 11.7. The highest BCUT2D eigenvalue weighted by atomic mass is 32.1. The normalized spacial score (nSPS) is 17.8. The van der Waals surface area contributed by atoms with Crippen LogP contribution in [0, 0.1) is 5.92 Å². The third-order valence-corrected chi connectivity index (χ3v) is 11.6. The van der Waals surface area contributed by atoms with E-state index in [0.717, 1.165) is 0 Å². The molecule has 0 bridgehead atoms. The molecule has 226 valence electrons. The van der Waals surface area contributed by atoms with Gasteiger partial charge in [0.1, 0.15) is 0 Å². The van der Waals surface area contributed by atoms with E-state index in [1.54, 1.807) is 0 Å². The molecule has 6 aromatic carbocycles. The zero-order valence-electron chi connectivity index (χ0n) is 26.6. The van der Waals surface area contributed by atoms with Gasteiger partial charge in [0.05, 0.1) is 6.04 Å². The van der Waals surface area contributed by atoms with Crippen LogP contribution in [0.5, 0.6) is 0 Å². The molecule has 1 aromatic heterocycles. The van der Waals surface area contributed by atoms with Crippen molar-refractivity contribution in [3.05, 3.63) is 175 Å². The third-order valence-electron chi connectivity index (χ3n) is 10.4. The standard InChI is InChI=1S/C45H35NS/c1-45(2)40-19-8-6-14-36(40)38-17-11-20-41(43(38)45)46(33-26-22-31(23-27-33)30-12-4-3-5-13-30)34-28-24-32(25-29-34)35-16-10-18-39-37-15-7-9-21-42(37)47-44(35)39/h3-29,41,43H,1-2H3. The van der Waals surface area contributed by atoms with Gasteiger partial charge >= 0.3 is 0 Å². The summed E-state index contributed by atoms with van der Waals surface area (Å²) < 4.78 is 2.69. The largest absolute Gasteiger partial charge is 0.334 e. The first-order valence-electron chi connectivity index (χ1n) is 16.5. The topological polar surface area (TPSA) is 3.24 Å². The van der Waals surface area contributed by atoms with Crippen LogP contribution in [-0.2, 0) is 5.41 Å². The first kappa shape index (κ1) is 28.1. The average molecular weight is 622 g/mol. The minimum absolute atomic E-state index is 0.0170. The molecule has 2 atom stereocenters. The van der Waals surface area contributed by atoms with Gasteiger partial charge in [-0.25, -0.2) is 0 Å². The molecular formula is C45H35NS. The molecule has 1 heterocycles. The minimum atomic E-state index is -0.0170. The van der Waals surface area contributed by atoms with Gasteiger partial charge in [0.2, 0.25) is 0 Å². The van der Waals surface area contributed by atoms with Crippen LogP contribution in [0.2, 0.25) is 0 Å². The summed E-state index contributed by atoms with van der Waals surface area (Å²) >= 11 is 1.89. The number of hydrogen-bond donors (Lipinski definition) is 0. The van der Waals surface area contributed by atoms with Crippen LogP contribution in [0.25, 0.3) is 48.0 Å². The summed E-state index contributed by atoms with van der Waals surface area (Å²) in [4.78, 5) is 2.57. The minimum Gasteiger partial charge on any atom is -0.334 e. The number of anilines is 2. The van der Waals surface area contributed by atoms with Gasteiger partial charge in [-0.1, -0.05) is 147 Å². The molecule has 2 heteroatoms. The van der Waals surface area contributed by atoms with Crippen molar-refractivity contribution >= 4 is 48.5 Å². The van der Waals surface area contributed by atoms with Crippen molar-refractivity contribution in [3.8, 4) is 22.3 Å². The summed E-state index contributed by atoms with van der Waals surface area (Å²) in [7, 11) is 0. The van der Waals surface area contributed by atoms with E-state index in [2.05, 4.69) is 183 Å². The number of hydrogen-bond acceptors (Lipinski definition) is 2. The second-order valence-corrected chi connectivity index (χ2v) is 14.4. The number of fused-ring (bicyclic) bond motifs is 6. The molecule has 2 aliphatic rings. The molecule has 7 aromatic rings. The monoisotopic (exact) mass is 621 g/mol. The van der Waals surface area contributed by atoms with E-state index in [0.29, 0.717) is 5.92 Å². The van der Waals surface area contributed by atoms with Gasteiger partial charge in [0, 0.05) is 37.5 Å². The van der Waals surface area contributed by atoms with Crippen LogP contribution < -0.4 is 4.90 Å². The molecule has 0 amide bonds. The fourth-order valence-electron chi connectivity index (χ4n) is 8.16. The molecule has 0 N–H and O–H groups in total. The van der Waals surface area contributed by atoms with Gasteiger partial charge in [-0.3, -0.25) is 0 Å². The highest BCUT2D eigenvalue weighted by Gasteiger charge is 2.48. The van der Waals surface area contributed by atoms with Crippen LogP contribution in [0.3, 0.4) is 0 Å². The molecule has 0 fully saturated rings. The number of rotatable bonds is 5. The Hall–Kier alpha value is -5.18. The Bertz CT molecular complexity index is 2320. The molecule has 0 saturated carbocycles.